The third-order valence-corrected chi connectivity index (χ3v) is 3.92. The van der Waals surface area contributed by atoms with Gasteiger partial charge in [0.1, 0.15) is 5.69 Å². The van der Waals surface area contributed by atoms with Crippen molar-refractivity contribution in [3.05, 3.63) is 50.9 Å². The molecule has 114 valence electrons. The fourth-order valence-electron chi connectivity index (χ4n) is 1.72. The number of halogens is 2. The predicted octanol–water partition coefficient (Wildman–Crippen LogP) is 2.69. The summed E-state index contributed by atoms with van der Waals surface area (Å²) in [6.07, 6.45) is 1.48. The molecule has 0 saturated heterocycles. The van der Waals surface area contributed by atoms with Gasteiger partial charge in [-0.05, 0) is 30.7 Å². The number of hydrogen-bond acceptors (Lipinski definition) is 4. The molecule has 0 bridgehead atoms. The zero-order valence-electron chi connectivity index (χ0n) is 11.3. The minimum absolute atomic E-state index is 0. The topological polar surface area (TPSA) is 68.0 Å². The van der Waals surface area contributed by atoms with Crippen LogP contribution in [0.15, 0.2) is 29.6 Å². The molecule has 0 radical (unpaired) electrons. The summed E-state index contributed by atoms with van der Waals surface area (Å²) in [4.78, 5) is 16.1. The number of rotatable bonds is 6. The molecular weight excluding hydrogens is 329 g/mol. The Morgan fingerprint density at radius 3 is 2.67 bits per heavy atom. The Morgan fingerprint density at radius 1 is 1.29 bits per heavy atom. The SMILES string of the molecule is Cl.NCCc1nc(C(=O)NCCc2ccc(Cl)cc2)cs1. The molecule has 4 nitrogen and oxygen atoms in total. The number of nitrogens with two attached hydrogens (primary N) is 1. The second-order valence-corrected chi connectivity index (χ2v) is 5.68. The summed E-state index contributed by atoms with van der Waals surface area (Å²) in [5, 5.41) is 6.24. The molecule has 0 atom stereocenters. The Balaban J connectivity index is 0.00000220. The summed E-state index contributed by atoms with van der Waals surface area (Å²) in [6.45, 7) is 1.12. The standard InChI is InChI=1S/C14H16ClN3OS.ClH/c15-11-3-1-10(2-4-11)6-8-17-14(19)12-9-20-13(18-12)5-7-16;/h1-4,9H,5-8,16H2,(H,17,19);1H. The molecule has 7 heteroatoms. The van der Waals surface area contributed by atoms with Crippen LogP contribution in [0.3, 0.4) is 0 Å². The Bertz CT molecular complexity index is 572. The molecule has 21 heavy (non-hydrogen) atoms. The summed E-state index contributed by atoms with van der Waals surface area (Å²) in [5.74, 6) is -0.140. The van der Waals surface area contributed by atoms with Gasteiger partial charge in [-0.15, -0.1) is 23.7 Å². The van der Waals surface area contributed by atoms with Crippen molar-refractivity contribution in [2.45, 2.75) is 12.8 Å². The molecule has 1 amide bonds. The average molecular weight is 346 g/mol. The summed E-state index contributed by atoms with van der Waals surface area (Å²) in [6, 6.07) is 7.60. The van der Waals surface area contributed by atoms with E-state index in [4.69, 9.17) is 17.3 Å². The first-order chi connectivity index (χ1) is 9.69. The first kappa shape index (κ1) is 17.9. The minimum Gasteiger partial charge on any atom is -0.350 e. The summed E-state index contributed by atoms with van der Waals surface area (Å²) < 4.78 is 0. The average Bonchev–Trinajstić information content (AvgIpc) is 2.90. The van der Waals surface area contributed by atoms with E-state index in [9.17, 15) is 4.79 Å². The monoisotopic (exact) mass is 345 g/mol. The number of carbonyl (C=O) groups excluding carboxylic acids is 1. The summed E-state index contributed by atoms with van der Waals surface area (Å²) in [7, 11) is 0. The molecule has 0 unspecified atom stereocenters. The van der Waals surface area contributed by atoms with Crippen molar-refractivity contribution < 1.29 is 4.79 Å². The Hall–Kier alpha value is -1.14. The molecule has 0 aliphatic heterocycles. The maximum absolute atomic E-state index is 11.9. The van der Waals surface area contributed by atoms with Gasteiger partial charge < -0.3 is 11.1 Å². The van der Waals surface area contributed by atoms with Crippen LogP contribution in [0.4, 0.5) is 0 Å². The normalized spacial score (nSPS) is 10.0. The van der Waals surface area contributed by atoms with Crippen LogP contribution in [0, 0.1) is 0 Å². The molecule has 0 aliphatic carbocycles. The lowest BCUT2D eigenvalue weighted by Crippen LogP contribution is -2.26. The highest BCUT2D eigenvalue weighted by Gasteiger charge is 2.09. The van der Waals surface area contributed by atoms with Crippen LogP contribution >= 0.6 is 35.3 Å². The Labute approximate surface area is 139 Å². The number of benzene rings is 1. The molecular formula is C14H17Cl2N3OS. The van der Waals surface area contributed by atoms with Gasteiger partial charge in [0.25, 0.3) is 5.91 Å². The highest BCUT2D eigenvalue weighted by atomic mass is 35.5. The maximum Gasteiger partial charge on any atom is 0.270 e. The first-order valence-corrected chi connectivity index (χ1v) is 7.62. The van der Waals surface area contributed by atoms with Crippen molar-refractivity contribution >= 4 is 41.3 Å². The molecule has 1 heterocycles. The van der Waals surface area contributed by atoms with E-state index in [1.54, 1.807) is 5.38 Å². The van der Waals surface area contributed by atoms with Crippen LogP contribution in [0.5, 0.6) is 0 Å². The number of thiazole rings is 1. The number of nitrogens with one attached hydrogen (secondary N) is 1. The molecule has 0 saturated carbocycles. The van der Waals surface area contributed by atoms with Crippen LogP contribution < -0.4 is 11.1 Å². The number of hydrogen-bond donors (Lipinski definition) is 2. The Kier molecular flexibility index (Phi) is 7.67. The molecule has 0 aliphatic rings. The lowest BCUT2D eigenvalue weighted by atomic mass is 10.1. The van der Waals surface area contributed by atoms with Crippen molar-refractivity contribution in [2.75, 3.05) is 13.1 Å². The van der Waals surface area contributed by atoms with E-state index in [2.05, 4.69) is 10.3 Å². The zero-order valence-corrected chi connectivity index (χ0v) is 13.7. The largest absolute Gasteiger partial charge is 0.350 e. The smallest absolute Gasteiger partial charge is 0.270 e. The summed E-state index contributed by atoms with van der Waals surface area (Å²) in [5.41, 5.74) is 7.06. The van der Waals surface area contributed by atoms with E-state index >= 15 is 0 Å². The molecule has 3 N–H and O–H groups in total. The van der Waals surface area contributed by atoms with E-state index in [1.165, 1.54) is 11.3 Å². The highest BCUT2D eigenvalue weighted by Crippen LogP contribution is 2.11. The third-order valence-electron chi connectivity index (χ3n) is 2.76. The number of aromatic nitrogens is 1. The highest BCUT2D eigenvalue weighted by molar-refractivity contribution is 7.09. The second kappa shape index (κ2) is 9.00. The number of amides is 1. The number of carbonyl (C=O) groups is 1. The quantitative estimate of drug-likeness (QED) is 0.845. The molecule has 1 aromatic carbocycles. The lowest BCUT2D eigenvalue weighted by Gasteiger charge is -2.03. The fraction of sp³-hybridized carbons (Fsp3) is 0.286. The Morgan fingerprint density at radius 2 is 2.00 bits per heavy atom. The van der Waals surface area contributed by atoms with Gasteiger partial charge in [0, 0.05) is 23.4 Å². The zero-order chi connectivity index (χ0) is 14.4. The van der Waals surface area contributed by atoms with E-state index in [0.717, 1.165) is 17.0 Å². The van der Waals surface area contributed by atoms with Crippen LogP contribution in [0.1, 0.15) is 21.1 Å². The van der Waals surface area contributed by atoms with E-state index < -0.39 is 0 Å². The van der Waals surface area contributed by atoms with E-state index in [1.807, 2.05) is 24.3 Å². The van der Waals surface area contributed by atoms with Crippen LogP contribution in [0.2, 0.25) is 5.02 Å². The van der Waals surface area contributed by atoms with Gasteiger partial charge in [-0.2, -0.15) is 0 Å². The fourth-order valence-corrected chi connectivity index (χ4v) is 2.64. The minimum atomic E-state index is -0.140. The molecule has 2 rings (SSSR count). The molecule has 1 aromatic heterocycles. The van der Waals surface area contributed by atoms with Crippen molar-refractivity contribution in [1.82, 2.24) is 10.3 Å². The van der Waals surface area contributed by atoms with Crippen molar-refractivity contribution in [3.63, 3.8) is 0 Å². The van der Waals surface area contributed by atoms with Gasteiger partial charge in [-0.1, -0.05) is 23.7 Å². The van der Waals surface area contributed by atoms with Crippen molar-refractivity contribution in [3.8, 4) is 0 Å². The van der Waals surface area contributed by atoms with Gasteiger partial charge in [-0.25, -0.2) is 4.98 Å². The van der Waals surface area contributed by atoms with Crippen molar-refractivity contribution in [1.29, 1.82) is 0 Å². The maximum atomic E-state index is 11.9. The number of nitrogens with zero attached hydrogens (tertiary/aromatic N) is 1. The van der Waals surface area contributed by atoms with Gasteiger partial charge in [0.2, 0.25) is 0 Å². The molecule has 0 fully saturated rings. The third kappa shape index (κ3) is 5.63. The molecule has 2 aromatic rings. The van der Waals surface area contributed by atoms with Crippen LogP contribution in [-0.2, 0) is 12.8 Å². The second-order valence-electron chi connectivity index (χ2n) is 4.30. The van der Waals surface area contributed by atoms with Gasteiger partial charge in [-0.3, -0.25) is 4.79 Å². The predicted molar refractivity (Wildman–Crippen MR) is 89.6 cm³/mol. The van der Waals surface area contributed by atoms with Gasteiger partial charge in [0.15, 0.2) is 0 Å². The summed E-state index contributed by atoms with van der Waals surface area (Å²) >= 11 is 7.29. The van der Waals surface area contributed by atoms with Gasteiger partial charge in [0.05, 0.1) is 5.01 Å². The van der Waals surface area contributed by atoms with Crippen LogP contribution in [-0.4, -0.2) is 24.0 Å². The van der Waals surface area contributed by atoms with E-state index in [0.29, 0.717) is 30.2 Å². The lowest BCUT2D eigenvalue weighted by molar-refractivity contribution is 0.0949. The first-order valence-electron chi connectivity index (χ1n) is 6.36. The molecule has 0 spiro atoms. The van der Waals surface area contributed by atoms with Crippen LogP contribution in [0.25, 0.3) is 0 Å². The van der Waals surface area contributed by atoms with Crippen molar-refractivity contribution in [2.24, 2.45) is 5.73 Å². The van der Waals surface area contributed by atoms with E-state index in [-0.39, 0.29) is 18.3 Å². The van der Waals surface area contributed by atoms with Gasteiger partial charge >= 0.3 is 0 Å².